The molecule has 5 nitrogen and oxygen atoms in total. The summed E-state index contributed by atoms with van der Waals surface area (Å²) in [6.07, 6.45) is 0.823. The number of rotatable bonds is 5. The van der Waals surface area contributed by atoms with E-state index in [2.05, 4.69) is 5.32 Å². The summed E-state index contributed by atoms with van der Waals surface area (Å²) in [7, 11) is 1.82. The van der Waals surface area contributed by atoms with E-state index in [9.17, 15) is 9.18 Å². The summed E-state index contributed by atoms with van der Waals surface area (Å²) in [6.45, 7) is 1.70. The van der Waals surface area contributed by atoms with Gasteiger partial charge in [-0.1, -0.05) is 17.7 Å². The van der Waals surface area contributed by atoms with Crippen LogP contribution in [0.15, 0.2) is 36.4 Å². The summed E-state index contributed by atoms with van der Waals surface area (Å²) in [6, 6.07) is 9.88. The molecule has 2 aromatic rings. The SMILES string of the molecule is C[NH+](CC(=O)Nc1ccc2c(c1)OCCCO2)Cc1c(F)cccc1Cl. The van der Waals surface area contributed by atoms with Crippen LogP contribution in [0.2, 0.25) is 5.02 Å². The number of carbonyl (C=O) groups is 1. The number of halogens is 2. The van der Waals surface area contributed by atoms with Gasteiger partial charge in [0.15, 0.2) is 18.0 Å². The highest BCUT2D eigenvalue weighted by atomic mass is 35.5. The summed E-state index contributed by atoms with van der Waals surface area (Å²) in [5.74, 6) is 0.765. The Morgan fingerprint density at radius 2 is 2.00 bits per heavy atom. The summed E-state index contributed by atoms with van der Waals surface area (Å²) >= 11 is 6.04. The molecule has 0 radical (unpaired) electrons. The first-order valence-corrected chi connectivity index (χ1v) is 8.84. The third-order valence-corrected chi connectivity index (χ3v) is 4.39. The minimum absolute atomic E-state index is 0.176. The van der Waals surface area contributed by atoms with Crippen molar-refractivity contribution in [1.82, 2.24) is 0 Å². The van der Waals surface area contributed by atoms with Gasteiger partial charge in [-0.15, -0.1) is 0 Å². The Bertz CT molecular complexity index is 780. The second kappa shape index (κ2) is 8.38. The number of hydrogen-bond donors (Lipinski definition) is 2. The van der Waals surface area contributed by atoms with Gasteiger partial charge >= 0.3 is 0 Å². The molecule has 1 amide bonds. The van der Waals surface area contributed by atoms with Gasteiger partial charge in [0.1, 0.15) is 12.4 Å². The molecule has 1 atom stereocenters. The average Bonchev–Trinajstić information content (AvgIpc) is 2.83. The number of likely N-dealkylation sites (N-methyl/N-ethyl adjacent to an activating group) is 1. The van der Waals surface area contributed by atoms with Crippen molar-refractivity contribution in [1.29, 1.82) is 0 Å². The van der Waals surface area contributed by atoms with Gasteiger partial charge < -0.3 is 19.7 Å². The summed E-state index contributed by atoms with van der Waals surface area (Å²) in [5.41, 5.74) is 1.05. The lowest BCUT2D eigenvalue weighted by molar-refractivity contribution is -0.885. The molecule has 1 heterocycles. The number of ether oxygens (including phenoxy) is 2. The zero-order valence-corrected chi connectivity index (χ0v) is 15.2. The minimum atomic E-state index is -0.361. The molecule has 0 spiro atoms. The van der Waals surface area contributed by atoms with Crippen molar-refractivity contribution < 1.29 is 23.6 Å². The molecule has 3 rings (SSSR count). The van der Waals surface area contributed by atoms with E-state index in [-0.39, 0.29) is 18.3 Å². The van der Waals surface area contributed by atoms with Gasteiger partial charge in [-0.2, -0.15) is 0 Å². The summed E-state index contributed by atoms with van der Waals surface area (Å²) < 4.78 is 25.1. The molecule has 7 heteroatoms. The molecule has 26 heavy (non-hydrogen) atoms. The average molecular weight is 380 g/mol. The van der Waals surface area contributed by atoms with E-state index in [0.29, 0.717) is 47.5 Å². The van der Waals surface area contributed by atoms with Crippen LogP contribution in [0, 0.1) is 5.82 Å². The summed E-state index contributed by atoms with van der Waals surface area (Å²) in [4.78, 5) is 13.1. The minimum Gasteiger partial charge on any atom is -0.490 e. The zero-order chi connectivity index (χ0) is 18.5. The van der Waals surface area contributed by atoms with Crippen molar-refractivity contribution in [2.45, 2.75) is 13.0 Å². The van der Waals surface area contributed by atoms with E-state index in [1.165, 1.54) is 6.07 Å². The molecule has 0 fully saturated rings. The Balaban J connectivity index is 1.59. The van der Waals surface area contributed by atoms with Crippen molar-refractivity contribution >= 4 is 23.2 Å². The van der Waals surface area contributed by atoms with E-state index in [4.69, 9.17) is 21.1 Å². The van der Waals surface area contributed by atoms with Crippen LogP contribution < -0.4 is 19.7 Å². The van der Waals surface area contributed by atoms with Gasteiger partial charge in [0.25, 0.3) is 5.91 Å². The van der Waals surface area contributed by atoms with Crippen LogP contribution >= 0.6 is 11.6 Å². The van der Waals surface area contributed by atoms with Crippen molar-refractivity contribution in [2.24, 2.45) is 0 Å². The van der Waals surface area contributed by atoms with Crippen LogP contribution in [-0.2, 0) is 11.3 Å². The number of anilines is 1. The van der Waals surface area contributed by atoms with Crippen LogP contribution in [0.25, 0.3) is 0 Å². The molecule has 0 aliphatic carbocycles. The van der Waals surface area contributed by atoms with Gasteiger partial charge in [-0.3, -0.25) is 4.79 Å². The highest BCUT2D eigenvalue weighted by Gasteiger charge is 2.17. The Hall–Kier alpha value is -2.31. The standard InChI is InChI=1S/C19H20ClFN2O3/c1-23(11-14-15(20)4-2-5-16(14)21)12-19(24)22-13-6-7-17-18(10-13)26-9-3-8-25-17/h2,4-7,10H,3,8-9,11-12H2,1H3,(H,22,24)/p+1. The van der Waals surface area contributed by atoms with Crippen LogP contribution in [0.3, 0.4) is 0 Å². The zero-order valence-electron chi connectivity index (χ0n) is 14.5. The van der Waals surface area contributed by atoms with Crippen LogP contribution in [0.4, 0.5) is 10.1 Å². The molecule has 0 saturated heterocycles. The first-order valence-electron chi connectivity index (χ1n) is 8.46. The molecule has 138 valence electrons. The van der Waals surface area contributed by atoms with Crippen LogP contribution in [-0.4, -0.2) is 32.7 Å². The first kappa shape index (κ1) is 18.5. The number of amides is 1. The lowest BCUT2D eigenvalue weighted by Gasteiger charge is -2.15. The number of nitrogens with one attached hydrogen (secondary N) is 2. The number of quaternary nitrogens is 1. The lowest BCUT2D eigenvalue weighted by atomic mass is 10.2. The number of carbonyl (C=O) groups excluding carboxylic acids is 1. The Kier molecular flexibility index (Phi) is 5.96. The molecule has 0 saturated carbocycles. The third-order valence-electron chi connectivity index (χ3n) is 4.03. The predicted molar refractivity (Wildman–Crippen MR) is 97.5 cm³/mol. The fourth-order valence-corrected chi connectivity index (χ4v) is 3.02. The molecule has 2 N–H and O–H groups in total. The van der Waals surface area contributed by atoms with Gasteiger partial charge in [-0.05, 0) is 24.3 Å². The molecule has 2 aromatic carbocycles. The topological polar surface area (TPSA) is 52.0 Å². The molecule has 0 bridgehead atoms. The highest BCUT2D eigenvalue weighted by Crippen LogP contribution is 2.32. The number of hydrogen-bond acceptors (Lipinski definition) is 3. The second-order valence-corrected chi connectivity index (χ2v) is 6.68. The lowest BCUT2D eigenvalue weighted by Crippen LogP contribution is -3.08. The molecule has 1 aliphatic heterocycles. The van der Waals surface area contributed by atoms with Crippen LogP contribution in [0.1, 0.15) is 12.0 Å². The smallest absolute Gasteiger partial charge is 0.279 e. The maximum atomic E-state index is 13.9. The van der Waals surface area contributed by atoms with Gasteiger partial charge in [0.05, 0.1) is 30.8 Å². The Labute approximate surface area is 156 Å². The fraction of sp³-hybridized carbons (Fsp3) is 0.316. The van der Waals surface area contributed by atoms with Gasteiger partial charge in [0.2, 0.25) is 0 Å². The summed E-state index contributed by atoms with van der Waals surface area (Å²) in [5, 5.41) is 3.20. The fourth-order valence-electron chi connectivity index (χ4n) is 2.79. The van der Waals surface area contributed by atoms with Gasteiger partial charge in [-0.25, -0.2) is 4.39 Å². The van der Waals surface area contributed by atoms with Crippen molar-refractivity contribution in [3.63, 3.8) is 0 Å². The maximum Gasteiger partial charge on any atom is 0.279 e. The van der Waals surface area contributed by atoms with E-state index in [0.717, 1.165) is 11.3 Å². The molecule has 0 aromatic heterocycles. The van der Waals surface area contributed by atoms with E-state index in [1.807, 2.05) is 7.05 Å². The molecule has 1 aliphatic rings. The molecule has 1 unspecified atom stereocenters. The van der Waals surface area contributed by atoms with Crippen molar-refractivity contribution in [3.8, 4) is 11.5 Å². The van der Waals surface area contributed by atoms with E-state index in [1.54, 1.807) is 30.3 Å². The van der Waals surface area contributed by atoms with Gasteiger partial charge in [0, 0.05) is 18.2 Å². The quantitative estimate of drug-likeness (QED) is 0.838. The normalized spacial score (nSPS) is 14.4. The van der Waals surface area contributed by atoms with Crippen molar-refractivity contribution in [2.75, 3.05) is 32.1 Å². The van der Waals surface area contributed by atoms with Crippen molar-refractivity contribution in [3.05, 3.63) is 52.8 Å². The maximum absolute atomic E-state index is 13.9. The first-order chi connectivity index (χ1) is 12.5. The Morgan fingerprint density at radius 3 is 2.77 bits per heavy atom. The third kappa shape index (κ3) is 4.65. The molecular formula is C19H21ClFN2O3+. The largest absolute Gasteiger partial charge is 0.490 e. The highest BCUT2D eigenvalue weighted by molar-refractivity contribution is 6.31. The van der Waals surface area contributed by atoms with E-state index < -0.39 is 0 Å². The Morgan fingerprint density at radius 1 is 1.23 bits per heavy atom. The van der Waals surface area contributed by atoms with E-state index >= 15 is 0 Å². The number of benzene rings is 2. The van der Waals surface area contributed by atoms with Crippen LogP contribution in [0.5, 0.6) is 11.5 Å². The second-order valence-electron chi connectivity index (χ2n) is 6.27. The predicted octanol–water partition coefficient (Wildman–Crippen LogP) is 2.29. The molecular weight excluding hydrogens is 359 g/mol. The number of fused-ring (bicyclic) bond motifs is 1. The monoisotopic (exact) mass is 379 g/mol.